The Balaban J connectivity index is 2.55. The lowest BCUT2D eigenvalue weighted by molar-refractivity contribution is 0.571. The summed E-state index contributed by atoms with van der Waals surface area (Å²) in [5.74, 6) is -1.32. The van der Waals surface area contributed by atoms with Crippen molar-refractivity contribution in [2.45, 2.75) is 6.54 Å². The number of hydrogen-bond acceptors (Lipinski definition) is 2. The van der Waals surface area contributed by atoms with Crippen molar-refractivity contribution >= 4 is 15.9 Å². The minimum absolute atomic E-state index is 0.168. The molecule has 0 atom stereocenters. The van der Waals surface area contributed by atoms with Gasteiger partial charge in [0.05, 0.1) is 5.69 Å². The highest BCUT2D eigenvalue weighted by Gasteiger charge is 2.12. The van der Waals surface area contributed by atoms with E-state index in [9.17, 15) is 8.78 Å². The highest BCUT2D eigenvalue weighted by atomic mass is 79.9. The second-order valence-electron chi connectivity index (χ2n) is 3.17. The number of aromatic nitrogens is 2. The van der Waals surface area contributed by atoms with Gasteiger partial charge < -0.3 is 5.73 Å². The van der Waals surface area contributed by atoms with E-state index in [1.54, 1.807) is 12.3 Å². The molecule has 0 saturated heterocycles. The highest BCUT2D eigenvalue weighted by Crippen LogP contribution is 2.25. The van der Waals surface area contributed by atoms with E-state index in [0.717, 1.165) is 6.07 Å². The van der Waals surface area contributed by atoms with Crippen molar-refractivity contribution in [3.05, 3.63) is 46.2 Å². The fourth-order valence-corrected chi connectivity index (χ4v) is 1.94. The van der Waals surface area contributed by atoms with E-state index < -0.39 is 11.6 Å². The minimum Gasteiger partial charge on any atom is -0.325 e. The van der Waals surface area contributed by atoms with Gasteiger partial charge in [0.25, 0.3) is 0 Å². The summed E-state index contributed by atoms with van der Waals surface area (Å²) in [6, 6.07) is 3.67. The molecule has 0 fully saturated rings. The van der Waals surface area contributed by atoms with Gasteiger partial charge in [-0.25, -0.2) is 13.5 Å². The van der Waals surface area contributed by atoms with E-state index in [-0.39, 0.29) is 12.2 Å². The first-order chi connectivity index (χ1) is 7.61. The molecular weight excluding hydrogens is 280 g/mol. The lowest BCUT2D eigenvalue weighted by Crippen LogP contribution is -2.03. The predicted octanol–water partition coefficient (Wildman–Crippen LogP) is 2.37. The van der Waals surface area contributed by atoms with Crippen LogP contribution in [0.2, 0.25) is 0 Å². The van der Waals surface area contributed by atoms with Crippen LogP contribution in [-0.2, 0) is 6.54 Å². The van der Waals surface area contributed by atoms with Gasteiger partial charge in [-0.2, -0.15) is 5.10 Å². The Hall–Kier alpha value is -1.27. The molecule has 0 aliphatic rings. The number of hydrogen-bond donors (Lipinski definition) is 1. The number of nitrogens with zero attached hydrogens (tertiary/aromatic N) is 2. The first-order valence-corrected chi connectivity index (χ1v) is 5.30. The van der Waals surface area contributed by atoms with E-state index >= 15 is 0 Å². The van der Waals surface area contributed by atoms with Gasteiger partial charge in [0.1, 0.15) is 11.5 Å². The lowest BCUT2D eigenvalue weighted by atomic mass is 10.3. The zero-order valence-corrected chi connectivity index (χ0v) is 9.71. The summed E-state index contributed by atoms with van der Waals surface area (Å²) in [6.07, 6.45) is 1.57. The van der Waals surface area contributed by atoms with E-state index in [1.807, 2.05) is 0 Å². The molecule has 1 heterocycles. The van der Waals surface area contributed by atoms with Gasteiger partial charge in [-0.1, -0.05) is 0 Å². The average Bonchev–Trinajstić information content (AvgIpc) is 2.64. The van der Waals surface area contributed by atoms with Gasteiger partial charge in [-0.3, -0.25) is 0 Å². The third-order valence-corrected chi connectivity index (χ3v) is 2.67. The van der Waals surface area contributed by atoms with Crippen molar-refractivity contribution in [1.82, 2.24) is 9.78 Å². The van der Waals surface area contributed by atoms with Crippen molar-refractivity contribution in [3.8, 4) is 5.69 Å². The van der Waals surface area contributed by atoms with Gasteiger partial charge >= 0.3 is 0 Å². The Morgan fingerprint density at radius 1 is 1.38 bits per heavy atom. The van der Waals surface area contributed by atoms with Gasteiger partial charge in [-0.15, -0.1) is 0 Å². The zero-order valence-electron chi connectivity index (χ0n) is 8.12. The first-order valence-electron chi connectivity index (χ1n) is 4.51. The molecule has 0 unspecified atom stereocenters. The SMILES string of the molecule is NCc1ccn(-c2c(F)cc(F)cc2Br)n1. The van der Waals surface area contributed by atoms with Crippen LogP contribution in [0.4, 0.5) is 8.78 Å². The Morgan fingerprint density at radius 3 is 2.69 bits per heavy atom. The molecule has 1 aromatic heterocycles. The van der Waals surface area contributed by atoms with E-state index in [4.69, 9.17) is 5.73 Å². The molecule has 6 heteroatoms. The topological polar surface area (TPSA) is 43.8 Å². The smallest absolute Gasteiger partial charge is 0.152 e. The molecule has 3 nitrogen and oxygen atoms in total. The van der Waals surface area contributed by atoms with Crippen LogP contribution < -0.4 is 5.73 Å². The van der Waals surface area contributed by atoms with E-state index in [2.05, 4.69) is 21.0 Å². The maximum Gasteiger partial charge on any atom is 0.152 e. The third-order valence-electron chi connectivity index (χ3n) is 2.06. The molecular formula is C10H8BrF2N3. The van der Waals surface area contributed by atoms with Gasteiger partial charge in [0.2, 0.25) is 0 Å². The second-order valence-corrected chi connectivity index (χ2v) is 4.03. The molecule has 0 bridgehead atoms. The van der Waals surface area contributed by atoms with Crippen molar-refractivity contribution < 1.29 is 8.78 Å². The highest BCUT2D eigenvalue weighted by molar-refractivity contribution is 9.10. The van der Waals surface area contributed by atoms with Crippen molar-refractivity contribution in [2.75, 3.05) is 0 Å². The molecule has 2 rings (SSSR count). The van der Waals surface area contributed by atoms with Gasteiger partial charge in [-0.05, 0) is 28.1 Å². The largest absolute Gasteiger partial charge is 0.325 e. The summed E-state index contributed by atoms with van der Waals surface area (Å²) in [6.45, 7) is 0.271. The average molecular weight is 288 g/mol. The minimum atomic E-state index is -0.682. The summed E-state index contributed by atoms with van der Waals surface area (Å²) in [5, 5.41) is 4.05. The Bertz CT molecular complexity index is 502. The number of halogens is 3. The van der Waals surface area contributed by atoms with Gasteiger partial charge in [0.15, 0.2) is 5.82 Å². The molecule has 84 valence electrons. The molecule has 0 amide bonds. The molecule has 0 aliphatic carbocycles. The van der Waals surface area contributed by atoms with Crippen LogP contribution >= 0.6 is 15.9 Å². The van der Waals surface area contributed by atoms with Crippen molar-refractivity contribution in [2.24, 2.45) is 5.73 Å². The molecule has 0 radical (unpaired) electrons. The zero-order chi connectivity index (χ0) is 11.7. The van der Waals surface area contributed by atoms with Crippen LogP contribution in [-0.4, -0.2) is 9.78 Å². The van der Waals surface area contributed by atoms with Crippen molar-refractivity contribution in [1.29, 1.82) is 0 Å². The van der Waals surface area contributed by atoms with Crippen LogP contribution in [0.25, 0.3) is 5.69 Å². The number of benzene rings is 1. The number of nitrogens with two attached hydrogens (primary N) is 1. The lowest BCUT2D eigenvalue weighted by Gasteiger charge is -2.06. The predicted molar refractivity (Wildman–Crippen MR) is 59.1 cm³/mol. The third kappa shape index (κ3) is 1.98. The summed E-state index contributed by atoms with van der Waals surface area (Å²) < 4.78 is 28.0. The molecule has 2 aromatic rings. The van der Waals surface area contributed by atoms with Crippen LogP contribution in [0, 0.1) is 11.6 Å². The standard InChI is InChI=1S/C10H8BrF2N3/c11-8-3-6(12)4-9(13)10(8)16-2-1-7(5-14)15-16/h1-4H,5,14H2. The van der Waals surface area contributed by atoms with Crippen LogP contribution in [0.15, 0.2) is 28.9 Å². The molecule has 2 N–H and O–H groups in total. The molecule has 0 saturated carbocycles. The maximum absolute atomic E-state index is 13.5. The first kappa shape index (κ1) is 11.2. The summed E-state index contributed by atoms with van der Waals surface area (Å²) >= 11 is 3.09. The fraction of sp³-hybridized carbons (Fsp3) is 0.100. The van der Waals surface area contributed by atoms with Gasteiger partial charge in [0, 0.05) is 23.3 Å². The van der Waals surface area contributed by atoms with E-state index in [1.165, 1.54) is 10.7 Å². The fourth-order valence-electron chi connectivity index (χ4n) is 1.35. The molecule has 1 aromatic carbocycles. The normalized spacial score (nSPS) is 10.8. The Morgan fingerprint density at radius 2 is 2.12 bits per heavy atom. The monoisotopic (exact) mass is 287 g/mol. The molecule has 0 aliphatic heterocycles. The summed E-state index contributed by atoms with van der Waals surface area (Å²) in [5.41, 5.74) is 6.20. The quantitative estimate of drug-likeness (QED) is 0.922. The van der Waals surface area contributed by atoms with Crippen LogP contribution in [0.5, 0.6) is 0 Å². The second kappa shape index (κ2) is 4.31. The Labute approximate surface area is 99.0 Å². The molecule has 16 heavy (non-hydrogen) atoms. The maximum atomic E-state index is 13.5. The Kier molecular flexibility index (Phi) is 3.02. The molecule has 0 spiro atoms. The van der Waals surface area contributed by atoms with Crippen LogP contribution in [0.3, 0.4) is 0 Å². The van der Waals surface area contributed by atoms with Crippen LogP contribution in [0.1, 0.15) is 5.69 Å². The number of rotatable bonds is 2. The van der Waals surface area contributed by atoms with E-state index in [0.29, 0.717) is 10.2 Å². The van der Waals surface area contributed by atoms with Crippen molar-refractivity contribution in [3.63, 3.8) is 0 Å². The summed E-state index contributed by atoms with van der Waals surface area (Å²) in [4.78, 5) is 0. The summed E-state index contributed by atoms with van der Waals surface area (Å²) in [7, 11) is 0.